The summed E-state index contributed by atoms with van der Waals surface area (Å²) in [5, 5.41) is 45.8. The number of rotatable bonds is 7. The predicted molar refractivity (Wildman–Crippen MR) is 151 cm³/mol. The molecule has 0 saturated heterocycles. The fourth-order valence-corrected chi connectivity index (χ4v) is 4.23. The summed E-state index contributed by atoms with van der Waals surface area (Å²) in [6.45, 7) is 9.71. The number of nitrogens with zero attached hydrogens (tertiary/aromatic N) is 1. The van der Waals surface area contributed by atoms with Crippen LogP contribution in [0.5, 0.6) is 11.5 Å². The smallest absolute Gasteiger partial charge is 0.336 e. The first-order valence-corrected chi connectivity index (χ1v) is 12.7. The second-order valence-corrected chi connectivity index (χ2v) is 10.3. The third-order valence-electron chi connectivity index (χ3n) is 6.23. The molecule has 12 nitrogen and oxygen atoms in total. The molecular formula is C29H37N3O9. The number of aliphatic hydroxyl groups is 1. The maximum atomic E-state index is 12.3. The molecule has 0 bridgehead atoms. The number of ether oxygens (including phenoxy) is 2. The lowest BCUT2D eigenvalue weighted by Crippen LogP contribution is -2.38. The molecule has 0 fully saturated rings. The molecule has 12 heteroatoms. The van der Waals surface area contributed by atoms with Crippen LogP contribution in [0.3, 0.4) is 0 Å². The van der Waals surface area contributed by atoms with Crippen LogP contribution in [0.2, 0.25) is 0 Å². The molecule has 0 aromatic heterocycles. The van der Waals surface area contributed by atoms with Gasteiger partial charge in [0.1, 0.15) is 0 Å². The number of carbonyl (C=O) groups is 2. The zero-order chi connectivity index (χ0) is 31.1. The molecule has 1 atom stereocenters. The first-order chi connectivity index (χ1) is 19.1. The Kier molecular flexibility index (Phi) is 11.0. The van der Waals surface area contributed by atoms with Gasteiger partial charge in [-0.05, 0) is 52.3 Å². The Morgan fingerprint density at radius 1 is 1.00 bits per heavy atom. The molecule has 222 valence electrons. The number of phenolic OH excluding ortho intramolecular Hbond substituents is 2. The summed E-state index contributed by atoms with van der Waals surface area (Å²) < 4.78 is 9.66. The van der Waals surface area contributed by atoms with E-state index in [9.17, 15) is 29.9 Å². The van der Waals surface area contributed by atoms with Crippen LogP contribution in [0, 0.1) is 10.1 Å². The molecular weight excluding hydrogens is 534 g/mol. The first kappa shape index (κ1) is 32.8. The lowest BCUT2D eigenvalue weighted by atomic mass is 9.79. The van der Waals surface area contributed by atoms with E-state index in [0.29, 0.717) is 23.5 Å². The molecule has 1 aliphatic heterocycles. The second kappa shape index (κ2) is 13.8. The summed E-state index contributed by atoms with van der Waals surface area (Å²) in [5.41, 5.74) is 1.70. The maximum Gasteiger partial charge on any atom is 0.336 e. The largest absolute Gasteiger partial charge is 0.504 e. The van der Waals surface area contributed by atoms with Crippen LogP contribution in [-0.2, 0) is 19.1 Å². The number of nitrogens with one attached hydrogen (secondary N) is 2. The van der Waals surface area contributed by atoms with Crippen molar-refractivity contribution in [3.05, 3.63) is 86.2 Å². The molecule has 2 aromatic rings. The van der Waals surface area contributed by atoms with E-state index >= 15 is 0 Å². The van der Waals surface area contributed by atoms with E-state index in [1.807, 2.05) is 20.8 Å². The summed E-state index contributed by atoms with van der Waals surface area (Å²) in [6.07, 6.45) is -0.703. The van der Waals surface area contributed by atoms with E-state index in [0.717, 1.165) is 0 Å². The summed E-state index contributed by atoms with van der Waals surface area (Å²) in [4.78, 5) is 35.6. The number of para-hydroxylation sites is 1. The maximum absolute atomic E-state index is 12.3. The monoisotopic (exact) mass is 571 g/mol. The van der Waals surface area contributed by atoms with Crippen molar-refractivity contribution in [1.29, 1.82) is 0 Å². The van der Waals surface area contributed by atoms with Crippen molar-refractivity contribution in [2.75, 3.05) is 20.8 Å². The molecule has 0 aliphatic carbocycles. The van der Waals surface area contributed by atoms with Crippen LogP contribution in [0.4, 0.5) is 5.69 Å². The first-order valence-electron chi connectivity index (χ1n) is 12.7. The minimum Gasteiger partial charge on any atom is -0.504 e. The number of aliphatic hydroxyl groups excluding tert-OH is 1. The van der Waals surface area contributed by atoms with E-state index in [2.05, 4.69) is 10.6 Å². The highest BCUT2D eigenvalue weighted by Crippen LogP contribution is 2.42. The third kappa shape index (κ3) is 8.29. The molecule has 5 N–H and O–H groups in total. The Balaban J connectivity index is 0.000000317. The fraction of sp³-hybridized carbons (Fsp3) is 0.379. The number of aromatic hydroxyl groups is 2. The Labute approximate surface area is 238 Å². The van der Waals surface area contributed by atoms with Gasteiger partial charge in [-0.3, -0.25) is 10.1 Å². The van der Waals surface area contributed by atoms with Crippen molar-refractivity contribution in [3.63, 3.8) is 0 Å². The lowest BCUT2D eigenvalue weighted by molar-refractivity contribution is -0.385. The van der Waals surface area contributed by atoms with Gasteiger partial charge in [0.05, 0.1) is 42.3 Å². The zero-order valence-electron chi connectivity index (χ0n) is 24.1. The molecule has 41 heavy (non-hydrogen) atoms. The number of hydrogen-bond acceptors (Lipinski definition) is 11. The van der Waals surface area contributed by atoms with Gasteiger partial charge in [0.25, 0.3) is 5.69 Å². The van der Waals surface area contributed by atoms with E-state index in [4.69, 9.17) is 14.6 Å². The van der Waals surface area contributed by atoms with Crippen molar-refractivity contribution in [1.82, 2.24) is 10.6 Å². The molecule has 0 spiro atoms. The minimum atomic E-state index is -0.970. The van der Waals surface area contributed by atoms with Crippen LogP contribution < -0.4 is 10.6 Å². The van der Waals surface area contributed by atoms with Crippen molar-refractivity contribution in [2.24, 2.45) is 0 Å². The molecule has 3 rings (SSSR count). The molecule has 2 aromatic carbocycles. The number of β-amino-alcohol motifs (C(OH)–C–C–N with tert-alkyl or cyclic N) is 1. The predicted octanol–water partition coefficient (Wildman–Crippen LogP) is 3.69. The van der Waals surface area contributed by atoms with Crippen LogP contribution in [0.25, 0.3) is 0 Å². The fourth-order valence-electron chi connectivity index (χ4n) is 4.23. The number of hydrogen-bond donors (Lipinski definition) is 5. The lowest BCUT2D eigenvalue weighted by Gasteiger charge is -2.29. The van der Waals surface area contributed by atoms with Gasteiger partial charge in [0.15, 0.2) is 11.5 Å². The number of nitro groups is 1. The van der Waals surface area contributed by atoms with Gasteiger partial charge in [0, 0.05) is 35.1 Å². The number of benzene rings is 2. The topological polar surface area (TPSA) is 180 Å². The molecule has 0 amide bonds. The van der Waals surface area contributed by atoms with Crippen molar-refractivity contribution in [3.8, 4) is 11.5 Å². The van der Waals surface area contributed by atoms with Crippen LogP contribution in [0.15, 0.2) is 65.0 Å². The summed E-state index contributed by atoms with van der Waals surface area (Å²) >= 11 is 0. The number of esters is 2. The van der Waals surface area contributed by atoms with Crippen molar-refractivity contribution >= 4 is 17.6 Å². The van der Waals surface area contributed by atoms with Gasteiger partial charge in [-0.1, -0.05) is 24.3 Å². The minimum absolute atomic E-state index is 0.0695. The Bertz CT molecular complexity index is 1320. The number of nitro benzene ring substituents is 1. The highest BCUT2D eigenvalue weighted by atomic mass is 16.6. The van der Waals surface area contributed by atoms with E-state index < -0.39 is 28.9 Å². The number of dihydropyridines is 1. The Morgan fingerprint density at radius 2 is 1.54 bits per heavy atom. The van der Waals surface area contributed by atoms with Crippen LogP contribution in [0.1, 0.15) is 57.8 Å². The molecule has 1 unspecified atom stereocenters. The quantitative estimate of drug-likeness (QED) is 0.141. The van der Waals surface area contributed by atoms with E-state index in [1.165, 1.54) is 44.6 Å². The highest BCUT2D eigenvalue weighted by molar-refractivity contribution is 6.00. The van der Waals surface area contributed by atoms with Gasteiger partial charge >= 0.3 is 11.9 Å². The average Bonchev–Trinajstić information content (AvgIpc) is 2.91. The molecule has 1 heterocycles. The van der Waals surface area contributed by atoms with E-state index in [1.54, 1.807) is 26.0 Å². The highest BCUT2D eigenvalue weighted by Gasteiger charge is 2.40. The number of allylic oxidation sites excluding steroid dienone is 2. The normalized spacial score (nSPS) is 14.4. The Hall–Kier alpha value is -4.42. The second-order valence-electron chi connectivity index (χ2n) is 10.3. The molecule has 1 aliphatic rings. The average molecular weight is 572 g/mol. The molecule has 0 radical (unpaired) electrons. The summed E-state index contributed by atoms with van der Waals surface area (Å²) in [7, 11) is 2.42. The van der Waals surface area contributed by atoms with Crippen LogP contribution >= 0.6 is 0 Å². The zero-order valence-corrected chi connectivity index (χ0v) is 24.1. The van der Waals surface area contributed by atoms with Gasteiger partial charge < -0.3 is 35.4 Å². The number of carbonyl (C=O) groups excluding carboxylic acids is 2. The van der Waals surface area contributed by atoms with Gasteiger partial charge in [-0.25, -0.2) is 9.59 Å². The van der Waals surface area contributed by atoms with Crippen molar-refractivity contribution < 1.29 is 39.3 Å². The van der Waals surface area contributed by atoms with Crippen molar-refractivity contribution in [2.45, 2.75) is 52.2 Å². The Morgan fingerprint density at radius 3 is 2.00 bits per heavy atom. The van der Waals surface area contributed by atoms with Gasteiger partial charge in [0.2, 0.25) is 0 Å². The molecule has 0 saturated carbocycles. The van der Waals surface area contributed by atoms with E-state index in [-0.39, 0.29) is 39.4 Å². The summed E-state index contributed by atoms with van der Waals surface area (Å²) in [5.74, 6) is -2.72. The van der Waals surface area contributed by atoms with Gasteiger partial charge in [-0.2, -0.15) is 0 Å². The standard InChI is InChI=1S/C17H18N2O6.C12H19NO3/c1-9-13(16(20)24-3)15(14(10(2)18-9)17(21)25-4)11-7-5-6-8-12(11)19(22)23;1-12(2,3)13-7-11(16)8-4-5-9(14)10(15)6-8/h5-8,15,18H,1-4H3;4-6,11,13-16H,7H2,1-3H3. The SMILES string of the molecule is CC(C)(C)NCC(O)c1ccc(O)c(O)c1.COC(=O)C1=C(C)NC(C)=C(C(=O)OC)C1c1ccccc1[N+](=O)[O-]. The van der Waals surface area contributed by atoms with Crippen LogP contribution in [-0.4, -0.2) is 58.5 Å². The van der Waals surface area contributed by atoms with Gasteiger partial charge in [-0.15, -0.1) is 0 Å². The number of phenols is 2. The summed E-state index contributed by atoms with van der Waals surface area (Å²) in [6, 6.07) is 10.3. The third-order valence-corrected chi connectivity index (χ3v) is 6.23. The number of methoxy groups -OCH3 is 2.